The van der Waals surface area contributed by atoms with Gasteiger partial charge in [-0.25, -0.2) is 0 Å². The Bertz CT molecular complexity index is 319. The molecular weight excluding hydrogens is 242 g/mol. The number of rotatable bonds is 0. The highest BCUT2D eigenvalue weighted by Crippen LogP contribution is 2.49. The van der Waals surface area contributed by atoms with E-state index < -0.39 is 20.9 Å². The molecule has 0 aromatic rings. The highest BCUT2D eigenvalue weighted by molar-refractivity contribution is 7.62. The van der Waals surface area contributed by atoms with Crippen LogP contribution in [0.25, 0.3) is 0 Å². The molecule has 84 valence electrons. The van der Waals surface area contributed by atoms with Gasteiger partial charge in [-0.05, 0) is 6.66 Å². The molecule has 0 atom stereocenters. The second-order valence-corrected chi connectivity index (χ2v) is 7.97. The molecule has 2 aliphatic heterocycles. The number of carbonyl (C=O) groups excluding carboxylic acids is 1. The maximum absolute atomic E-state index is 11.6. The van der Waals surface area contributed by atoms with E-state index in [9.17, 15) is 9.36 Å². The first-order chi connectivity index (χ1) is 7.05. The molecule has 2 heterocycles. The SMILES string of the molecule is CP1(=O)COC2(CO[P+](=C=O)OC2)OC1. The van der Waals surface area contributed by atoms with Crippen LogP contribution in [-0.2, 0) is 27.9 Å². The van der Waals surface area contributed by atoms with Gasteiger partial charge in [0.1, 0.15) is 19.8 Å². The van der Waals surface area contributed by atoms with E-state index in [-0.39, 0.29) is 25.9 Å². The fraction of sp³-hybridized carbons (Fsp3) is 0.857. The molecule has 0 amide bonds. The summed E-state index contributed by atoms with van der Waals surface area (Å²) in [5.41, 5.74) is 1.65. The van der Waals surface area contributed by atoms with Gasteiger partial charge in [-0.15, -0.1) is 9.05 Å². The second kappa shape index (κ2) is 4.08. The lowest BCUT2D eigenvalue weighted by molar-refractivity contribution is -0.265. The van der Waals surface area contributed by atoms with Gasteiger partial charge >= 0.3 is 13.7 Å². The van der Waals surface area contributed by atoms with Crippen molar-refractivity contribution in [2.75, 3.05) is 32.6 Å². The van der Waals surface area contributed by atoms with Crippen molar-refractivity contribution in [3.8, 4) is 0 Å². The molecule has 0 aliphatic carbocycles. The van der Waals surface area contributed by atoms with E-state index in [2.05, 4.69) is 0 Å². The smallest absolute Gasteiger partial charge is 0.338 e. The molecule has 0 saturated carbocycles. The zero-order valence-corrected chi connectivity index (χ0v) is 9.96. The van der Waals surface area contributed by atoms with Crippen LogP contribution in [0.2, 0.25) is 0 Å². The van der Waals surface area contributed by atoms with Crippen molar-refractivity contribution in [2.45, 2.75) is 5.79 Å². The van der Waals surface area contributed by atoms with Crippen LogP contribution in [0.4, 0.5) is 0 Å². The Hall–Kier alpha value is -0.0500. The summed E-state index contributed by atoms with van der Waals surface area (Å²) in [5.74, 6) is -0.987. The fourth-order valence-electron chi connectivity index (χ4n) is 1.20. The third-order valence-electron chi connectivity index (χ3n) is 2.08. The van der Waals surface area contributed by atoms with Gasteiger partial charge in [0, 0.05) is 0 Å². The Kier molecular flexibility index (Phi) is 3.11. The molecule has 0 N–H and O–H groups in total. The van der Waals surface area contributed by atoms with Crippen molar-refractivity contribution in [1.29, 1.82) is 0 Å². The molecule has 0 aromatic carbocycles. The molecule has 0 unspecified atom stereocenters. The van der Waals surface area contributed by atoms with E-state index in [1.165, 1.54) is 0 Å². The summed E-state index contributed by atoms with van der Waals surface area (Å²) < 4.78 is 32.4. The lowest BCUT2D eigenvalue weighted by Gasteiger charge is -2.37. The van der Waals surface area contributed by atoms with Gasteiger partial charge in [-0.3, -0.25) is 0 Å². The molecule has 2 rings (SSSR count). The summed E-state index contributed by atoms with van der Waals surface area (Å²) in [6, 6.07) is 0. The van der Waals surface area contributed by atoms with Crippen molar-refractivity contribution in [1.82, 2.24) is 0 Å². The first-order valence-corrected chi connectivity index (χ1v) is 8.03. The highest BCUT2D eigenvalue weighted by Gasteiger charge is 2.48. The standard InChI is InChI=1S/C7H11O6P2/c1-15(9)5-10-7(11-6-15)2-12-14(4-8)13-3-7/h2-3,5-6H2,1H3/q+1. The van der Waals surface area contributed by atoms with Crippen LogP contribution in [0, 0.1) is 0 Å². The number of ether oxygens (including phenoxy) is 2. The topological polar surface area (TPSA) is 71.1 Å². The van der Waals surface area contributed by atoms with Crippen LogP contribution in [-0.4, -0.2) is 44.0 Å². The van der Waals surface area contributed by atoms with Crippen LogP contribution in [0.15, 0.2) is 0 Å². The summed E-state index contributed by atoms with van der Waals surface area (Å²) in [5, 5.41) is 0. The van der Waals surface area contributed by atoms with Gasteiger partial charge in [-0.1, -0.05) is 0 Å². The van der Waals surface area contributed by atoms with E-state index in [1.807, 2.05) is 0 Å². The zero-order chi connectivity index (χ0) is 10.9. The van der Waals surface area contributed by atoms with Crippen LogP contribution in [0.5, 0.6) is 0 Å². The largest absolute Gasteiger partial charge is 0.532 e. The average Bonchev–Trinajstić information content (AvgIpc) is 2.24. The molecule has 6 nitrogen and oxygen atoms in total. The molecule has 0 aromatic heterocycles. The predicted molar refractivity (Wildman–Crippen MR) is 52.7 cm³/mol. The Morgan fingerprint density at radius 3 is 2.27 bits per heavy atom. The maximum Gasteiger partial charge on any atom is 0.532 e. The van der Waals surface area contributed by atoms with Gasteiger partial charge in [0.15, 0.2) is 13.2 Å². The molecule has 1 spiro atoms. The van der Waals surface area contributed by atoms with Gasteiger partial charge in [0.25, 0.3) is 0 Å². The van der Waals surface area contributed by atoms with Crippen LogP contribution in [0.3, 0.4) is 0 Å². The lowest BCUT2D eigenvalue weighted by atomic mass is 10.3. The van der Waals surface area contributed by atoms with E-state index >= 15 is 0 Å². The number of hydrogen-bond donors (Lipinski definition) is 0. The Morgan fingerprint density at radius 1 is 1.27 bits per heavy atom. The summed E-state index contributed by atoms with van der Waals surface area (Å²) in [6.45, 7) is 1.86. The summed E-state index contributed by atoms with van der Waals surface area (Å²) in [4.78, 5) is 10.3. The van der Waals surface area contributed by atoms with Crippen molar-refractivity contribution < 1.29 is 27.9 Å². The summed E-state index contributed by atoms with van der Waals surface area (Å²) in [6.07, 6.45) is 0.310. The van der Waals surface area contributed by atoms with Crippen LogP contribution in [0.1, 0.15) is 0 Å². The molecule has 8 heteroatoms. The molecule has 15 heavy (non-hydrogen) atoms. The van der Waals surface area contributed by atoms with Gasteiger partial charge in [0.05, 0.1) is 0 Å². The quantitative estimate of drug-likeness (QED) is 0.601. The van der Waals surface area contributed by atoms with Gasteiger partial charge in [-0.2, -0.15) is 4.79 Å². The minimum atomic E-state index is -2.33. The van der Waals surface area contributed by atoms with E-state index in [0.29, 0.717) is 0 Å². The zero-order valence-electron chi connectivity index (χ0n) is 8.17. The van der Waals surface area contributed by atoms with E-state index in [4.69, 9.17) is 18.5 Å². The molecule has 2 fully saturated rings. The minimum absolute atomic E-state index is 0.119. The Labute approximate surface area is 87.8 Å². The normalized spacial score (nSPS) is 43.9. The van der Waals surface area contributed by atoms with Crippen LogP contribution >= 0.6 is 15.1 Å². The first-order valence-electron chi connectivity index (χ1n) is 4.33. The van der Waals surface area contributed by atoms with Gasteiger partial charge < -0.3 is 14.0 Å². The van der Waals surface area contributed by atoms with Crippen molar-refractivity contribution in [3.05, 3.63) is 0 Å². The van der Waals surface area contributed by atoms with Crippen molar-refractivity contribution in [3.63, 3.8) is 0 Å². The Balaban J connectivity index is 2.00. The molecule has 2 aliphatic rings. The average molecular weight is 253 g/mol. The van der Waals surface area contributed by atoms with Crippen molar-refractivity contribution in [2.24, 2.45) is 0 Å². The second-order valence-electron chi connectivity index (χ2n) is 3.65. The highest BCUT2D eigenvalue weighted by atomic mass is 31.2. The lowest BCUT2D eigenvalue weighted by Crippen LogP contribution is -2.49. The van der Waals surface area contributed by atoms with Crippen LogP contribution < -0.4 is 0 Å². The van der Waals surface area contributed by atoms with E-state index in [0.717, 1.165) is 0 Å². The fourth-order valence-corrected chi connectivity index (χ4v) is 3.10. The first kappa shape index (κ1) is 11.4. The summed E-state index contributed by atoms with van der Waals surface area (Å²) in [7, 11) is -3.91. The van der Waals surface area contributed by atoms with E-state index in [1.54, 1.807) is 12.3 Å². The summed E-state index contributed by atoms with van der Waals surface area (Å²) >= 11 is 0. The molecule has 2 saturated heterocycles. The molecular formula is C7H11O6P2+. The maximum atomic E-state index is 11.6. The third kappa shape index (κ3) is 2.55. The Morgan fingerprint density at radius 2 is 1.80 bits per heavy atom. The predicted octanol–water partition coefficient (Wildman–Crippen LogP) is 1.06. The third-order valence-corrected chi connectivity index (χ3v) is 4.31. The monoisotopic (exact) mass is 253 g/mol. The number of hydrogen-bond acceptors (Lipinski definition) is 6. The molecule has 0 radical (unpaired) electrons. The molecule has 0 bridgehead atoms. The van der Waals surface area contributed by atoms with Crippen molar-refractivity contribution >= 4 is 20.8 Å². The minimum Gasteiger partial charge on any atom is -0.338 e. The van der Waals surface area contributed by atoms with Gasteiger partial charge in [0.2, 0.25) is 5.79 Å².